The lowest BCUT2D eigenvalue weighted by molar-refractivity contribution is 0.174. The molecule has 0 saturated heterocycles. The topological polar surface area (TPSA) is 85.6 Å². The van der Waals surface area contributed by atoms with Crippen molar-refractivity contribution in [3.05, 3.63) is 48.1 Å². The van der Waals surface area contributed by atoms with Crippen molar-refractivity contribution in [3.8, 4) is 11.5 Å². The third-order valence-electron chi connectivity index (χ3n) is 4.31. The summed E-state index contributed by atoms with van der Waals surface area (Å²) >= 11 is 0. The zero-order valence-electron chi connectivity index (χ0n) is 16.6. The van der Waals surface area contributed by atoms with Crippen molar-refractivity contribution in [2.24, 2.45) is 4.99 Å². The fourth-order valence-corrected chi connectivity index (χ4v) is 2.84. The van der Waals surface area contributed by atoms with Gasteiger partial charge in [0, 0.05) is 26.1 Å². The molecule has 28 heavy (non-hydrogen) atoms. The first kappa shape index (κ1) is 19.7. The van der Waals surface area contributed by atoms with E-state index in [2.05, 4.69) is 50.0 Å². The summed E-state index contributed by atoms with van der Waals surface area (Å²) in [5.74, 6) is 3.38. The summed E-state index contributed by atoms with van der Waals surface area (Å²) in [6.45, 7) is 11.1. The quantitative estimate of drug-likeness (QED) is 0.390. The third kappa shape index (κ3) is 5.48. The Kier molecular flexibility index (Phi) is 6.89. The Bertz CT molecular complexity index is 830. The molecule has 0 spiro atoms. The van der Waals surface area contributed by atoms with Crippen LogP contribution in [0.4, 0.5) is 0 Å². The Labute approximate surface area is 165 Å². The second kappa shape index (κ2) is 9.77. The maximum absolute atomic E-state index is 5.44. The number of fused-ring (bicyclic) bond motifs is 1. The van der Waals surface area contributed by atoms with Crippen molar-refractivity contribution in [1.82, 2.24) is 25.4 Å². The van der Waals surface area contributed by atoms with Crippen LogP contribution in [0.3, 0.4) is 0 Å². The molecule has 2 aromatic rings. The van der Waals surface area contributed by atoms with Gasteiger partial charge in [-0.05, 0) is 31.0 Å². The van der Waals surface area contributed by atoms with Crippen molar-refractivity contribution < 1.29 is 9.47 Å². The number of aromatic nitrogens is 3. The molecule has 0 saturated carbocycles. The van der Waals surface area contributed by atoms with Crippen LogP contribution in [-0.4, -0.2) is 47.2 Å². The Hall–Kier alpha value is -3.03. The van der Waals surface area contributed by atoms with Crippen molar-refractivity contribution in [3.63, 3.8) is 0 Å². The Morgan fingerprint density at radius 1 is 1.25 bits per heavy atom. The van der Waals surface area contributed by atoms with E-state index >= 15 is 0 Å². The first-order valence-electron chi connectivity index (χ1n) is 9.57. The molecule has 0 atom stereocenters. The van der Waals surface area contributed by atoms with Crippen LogP contribution in [0, 0.1) is 0 Å². The summed E-state index contributed by atoms with van der Waals surface area (Å²) in [5, 5.41) is 14.8. The number of benzene rings is 1. The van der Waals surface area contributed by atoms with Crippen molar-refractivity contribution in [2.45, 2.75) is 33.2 Å². The van der Waals surface area contributed by atoms with Gasteiger partial charge in [-0.3, -0.25) is 0 Å². The molecule has 0 amide bonds. The maximum atomic E-state index is 5.44. The Morgan fingerprint density at radius 3 is 2.89 bits per heavy atom. The molecule has 8 heteroatoms. The average Bonchev–Trinajstić information content (AvgIpc) is 3.33. The lowest BCUT2D eigenvalue weighted by atomic mass is 10.1. The van der Waals surface area contributed by atoms with Crippen LogP contribution in [0.25, 0.3) is 0 Å². The van der Waals surface area contributed by atoms with E-state index in [0.29, 0.717) is 13.3 Å². The second-order valence-electron chi connectivity index (χ2n) is 6.71. The number of aryl methyl sites for hydroxylation is 1. The molecule has 2 N–H and O–H groups in total. The summed E-state index contributed by atoms with van der Waals surface area (Å²) in [4.78, 5) is 4.58. The minimum Gasteiger partial charge on any atom is -0.454 e. The first-order valence-corrected chi connectivity index (χ1v) is 9.57. The number of guanidine groups is 1. The average molecular weight is 384 g/mol. The summed E-state index contributed by atoms with van der Waals surface area (Å²) in [7, 11) is 0. The number of hydrogen-bond acceptors (Lipinski definition) is 5. The van der Waals surface area contributed by atoms with Crippen LogP contribution < -0.4 is 20.1 Å². The number of rotatable bonds is 9. The molecule has 0 radical (unpaired) electrons. The summed E-state index contributed by atoms with van der Waals surface area (Å²) < 4.78 is 12.8. The van der Waals surface area contributed by atoms with Gasteiger partial charge >= 0.3 is 0 Å². The van der Waals surface area contributed by atoms with E-state index in [4.69, 9.17) is 9.47 Å². The van der Waals surface area contributed by atoms with Gasteiger partial charge in [-0.2, -0.15) is 0 Å². The standard InChI is InChI=1S/C20H28N6O2/c1-4-19-25-24-13-26(19)10-9-22-20(23-12-15(2)3)21-8-7-16-5-6-17-18(11-16)28-14-27-17/h5-6,11,13H,2,4,7-10,12,14H2,1,3H3,(H2,21,22,23). The van der Waals surface area contributed by atoms with Crippen LogP contribution in [0.2, 0.25) is 0 Å². The number of aliphatic imine (C=N–C) groups is 1. The summed E-state index contributed by atoms with van der Waals surface area (Å²) in [6, 6.07) is 6.04. The molecule has 8 nitrogen and oxygen atoms in total. The number of nitrogens with one attached hydrogen (secondary N) is 2. The van der Waals surface area contributed by atoms with Gasteiger partial charge in [0.15, 0.2) is 17.5 Å². The number of ether oxygens (including phenoxy) is 2. The minimum absolute atomic E-state index is 0.296. The van der Waals surface area contributed by atoms with E-state index < -0.39 is 0 Å². The van der Waals surface area contributed by atoms with Crippen LogP contribution >= 0.6 is 0 Å². The molecular formula is C20H28N6O2. The van der Waals surface area contributed by atoms with Crippen LogP contribution in [0.5, 0.6) is 11.5 Å². The summed E-state index contributed by atoms with van der Waals surface area (Å²) in [6.07, 6.45) is 3.48. The highest BCUT2D eigenvalue weighted by atomic mass is 16.7. The van der Waals surface area contributed by atoms with Gasteiger partial charge < -0.3 is 24.7 Å². The molecule has 150 valence electrons. The third-order valence-corrected chi connectivity index (χ3v) is 4.31. The van der Waals surface area contributed by atoms with Crippen LogP contribution in [0.1, 0.15) is 25.2 Å². The maximum Gasteiger partial charge on any atom is 0.231 e. The van der Waals surface area contributed by atoms with E-state index in [1.165, 1.54) is 5.56 Å². The van der Waals surface area contributed by atoms with E-state index in [-0.39, 0.29) is 0 Å². The van der Waals surface area contributed by atoms with Crippen LogP contribution in [0.15, 0.2) is 41.7 Å². The van der Waals surface area contributed by atoms with E-state index in [1.807, 2.05) is 19.1 Å². The highest BCUT2D eigenvalue weighted by Gasteiger charge is 2.13. The highest BCUT2D eigenvalue weighted by Crippen LogP contribution is 2.32. The summed E-state index contributed by atoms with van der Waals surface area (Å²) in [5.41, 5.74) is 2.21. The SMILES string of the molecule is C=C(C)CN=C(NCCc1ccc2c(c1)OCO2)NCCn1cnnc1CC. The van der Waals surface area contributed by atoms with E-state index in [0.717, 1.165) is 61.3 Å². The molecule has 1 aliphatic heterocycles. The zero-order chi connectivity index (χ0) is 19.8. The van der Waals surface area contributed by atoms with Crippen LogP contribution in [-0.2, 0) is 19.4 Å². The Morgan fingerprint density at radius 2 is 2.07 bits per heavy atom. The predicted molar refractivity (Wildman–Crippen MR) is 109 cm³/mol. The van der Waals surface area contributed by atoms with Gasteiger partial charge in [0.1, 0.15) is 12.2 Å². The largest absolute Gasteiger partial charge is 0.454 e. The van der Waals surface area contributed by atoms with Gasteiger partial charge in [-0.1, -0.05) is 25.1 Å². The monoisotopic (exact) mass is 384 g/mol. The van der Waals surface area contributed by atoms with E-state index in [9.17, 15) is 0 Å². The lowest BCUT2D eigenvalue weighted by Gasteiger charge is -2.14. The number of hydrogen-bond donors (Lipinski definition) is 2. The molecule has 1 aromatic carbocycles. The molecule has 0 fully saturated rings. The Balaban J connectivity index is 1.50. The van der Waals surface area contributed by atoms with Crippen molar-refractivity contribution in [2.75, 3.05) is 26.4 Å². The van der Waals surface area contributed by atoms with Gasteiger partial charge in [-0.25, -0.2) is 4.99 Å². The molecule has 0 aliphatic carbocycles. The first-order chi connectivity index (χ1) is 13.7. The molecule has 1 aliphatic rings. The second-order valence-corrected chi connectivity index (χ2v) is 6.71. The lowest BCUT2D eigenvalue weighted by Crippen LogP contribution is -2.40. The molecule has 0 unspecified atom stereocenters. The molecule has 3 rings (SSSR count). The van der Waals surface area contributed by atoms with Gasteiger partial charge in [-0.15, -0.1) is 10.2 Å². The predicted octanol–water partition coefficient (Wildman–Crippen LogP) is 1.92. The zero-order valence-corrected chi connectivity index (χ0v) is 16.6. The fourth-order valence-electron chi connectivity index (χ4n) is 2.84. The van der Waals surface area contributed by atoms with E-state index in [1.54, 1.807) is 6.33 Å². The molecule has 2 heterocycles. The highest BCUT2D eigenvalue weighted by molar-refractivity contribution is 5.79. The normalized spacial score (nSPS) is 12.9. The number of nitrogens with zero attached hydrogens (tertiary/aromatic N) is 4. The molecule has 1 aromatic heterocycles. The van der Waals surface area contributed by atoms with Crippen molar-refractivity contribution in [1.29, 1.82) is 0 Å². The fraction of sp³-hybridized carbons (Fsp3) is 0.450. The molecular weight excluding hydrogens is 356 g/mol. The van der Waals surface area contributed by atoms with Crippen molar-refractivity contribution >= 4 is 5.96 Å². The van der Waals surface area contributed by atoms with Gasteiger partial charge in [0.25, 0.3) is 0 Å². The molecule has 0 bridgehead atoms. The smallest absolute Gasteiger partial charge is 0.231 e. The van der Waals surface area contributed by atoms with Gasteiger partial charge in [0.2, 0.25) is 6.79 Å². The van der Waals surface area contributed by atoms with Gasteiger partial charge in [0.05, 0.1) is 6.54 Å². The minimum atomic E-state index is 0.296.